The maximum absolute atomic E-state index is 6.39. The number of halogens is 2. The maximum atomic E-state index is 6.39. The Kier molecular flexibility index (Phi) is 4.35. The highest BCUT2D eigenvalue weighted by Crippen LogP contribution is 2.33. The van der Waals surface area contributed by atoms with Gasteiger partial charge in [0.1, 0.15) is 5.75 Å². The maximum Gasteiger partial charge on any atom is 0.127 e. The minimum Gasteiger partial charge on any atom is -0.493 e. The van der Waals surface area contributed by atoms with Gasteiger partial charge in [0.25, 0.3) is 0 Å². The number of hydrogen-bond acceptors (Lipinski definition) is 2. The lowest BCUT2D eigenvalue weighted by Crippen LogP contribution is -2.38. The summed E-state index contributed by atoms with van der Waals surface area (Å²) in [5.41, 5.74) is 2.56. The van der Waals surface area contributed by atoms with Crippen molar-refractivity contribution in [1.29, 1.82) is 0 Å². The first-order chi connectivity index (χ1) is 9.24. The molecule has 0 spiro atoms. The van der Waals surface area contributed by atoms with Crippen LogP contribution in [0.3, 0.4) is 0 Å². The van der Waals surface area contributed by atoms with Crippen LogP contribution < -0.4 is 10.1 Å². The van der Waals surface area contributed by atoms with Gasteiger partial charge in [-0.15, -0.1) is 11.6 Å². The molecule has 1 aromatic carbocycles. The molecule has 2 unspecified atom stereocenters. The van der Waals surface area contributed by atoms with Gasteiger partial charge in [-0.25, -0.2) is 0 Å². The molecule has 3 rings (SSSR count). The molecule has 2 aliphatic rings. The van der Waals surface area contributed by atoms with Gasteiger partial charge < -0.3 is 10.1 Å². The van der Waals surface area contributed by atoms with Crippen LogP contribution in [0.25, 0.3) is 0 Å². The topological polar surface area (TPSA) is 21.3 Å². The summed E-state index contributed by atoms with van der Waals surface area (Å²) in [4.78, 5) is 0. The molecule has 104 valence electrons. The monoisotopic (exact) mass is 343 g/mol. The molecule has 1 fully saturated rings. The van der Waals surface area contributed by atoms with Crippen LogP contribution in [0.2, 0.25) is 0 Å². The third kappa shape index (κ3) is 3.09. The normalized spacial score (nSPS) is 26.0. The molecule has 2 atom stereocenters. The summed E-state index contributed by atoms with van der Waals surface area (Å²) < 4.78 is 6.90. The predicted octanol–water partition coefficient (Wildman–Crippen LogP) is 4.02. The predicted molar refractivity (Wildman–Crippen MR) is 82.1 cm³/mol. The summed E-state index contributed by atoms with van der Waals surface area (Å²) in [6.45, 7) is 1.65. The molecule has 1 aliphatic heterocycles. The van der Waals surface area contributed by atoms with Gasteiger partial charge in [0.05, 0.1) is 6.61 Å². The third-order valence-corrected chi connectivity index (χ3v) is 5.04. The van der Waals surface area contributed by atoms with Crippen molar-refractivity contribution in [2.75, 3.05) is 6.61 Å². The fraction of sp³-hybridized carbons (Fsp3) is 0.600. The van der Waals surface area contributed by atoms with E-state index in [1.54, 1.807) is 0 Å². The molecule has 1 N–H and O–H groups in total. The number of hydrogen-bond donors (Lipinski definition) is 1. The van der Waals surface area contributed by atoms with Crippen molar-refractivity contribution < 1.29 is 4.74 Å². The van der Waals surface area contributed by atoms with Gasteiger partial charge in [-0.3, -0.25) is 0 Å². The molecule has 19 heavy (non-hydrogen) atoms. The van der Waals surface area contributed by atoms with Crippen molar-refractivity contribution >= 4 is 27.5 Å². The van der Waals surface area contributed by atoms with Gasteiger partial charge in [0.15, 0.2) is 0 Å². The highest BCUT2D eigenvalue weighted by atomic mass is 79.9. The first kappa shape index (κ1) is 13.7. The minimum absolute atomic E-state index is 0.273. The van der Waals surface area contributed by atoms with Gasteiger partial charge in [-0.2, -0.15) is 0 Å². The molecule has 1 heterocycles. The zero-order chi connectivity index (χ0) is 13.2. The third-order valence-electron chi connectivity index (χ3n) is 4.06. The average molecular weight is 345 g/mol. The molecule has 0 saturated heterocycles. The summed E-state index contributed by atoms with van der Waals surface area (Å²) >= 11 is 9.98. The van der Waals surface area contributed by atoms with Crippen molar-refractivity contribution in [3.8, 4) is 5.75 Å². The lowest BCUT2D eigenvalue weighted by Gasteiger charge is -2.28. The molecule has 0 radical (unpaired) electrons. The summed E-state index contributed by atoms with van der Waals surface area (Å²) in [6, 6.07) is 4.76. The number of ether oxygens (including phenoxy) is 1. The SMILES string of the molecule is ClC1CCCCC1NCc1cc(Br)cc2c1OCC2. The van der Waals surface area contributed by atoms with Crippen LogP contribution in [-0.4, -0.2) is 18.0 Å². The molecule has 2 nitrogen and oxygen atoms in total. The van der Waals surface area contributed by atoms with Crippen LogP contribution in [0.1, 0.15) is 36.8 Å². The summed E-state index contributed by atoms with van der Waals surface area (Å²) in [6.07, 6.45) is 5.89. The Morgan fingerprint density at radius 1 is 1.32 bits per heavy atom. The molecular weight excluding hydrogens is 326 g/mol. The standard InChI is InChI=1S/C15H19BrClNO/c16-12-7-10-5-6-19-15(10)11(8-12)9-18-14-4-2-1-3-13(14)17/h7-8,13-14,18H,1-6,9H2. The lowest BCUT2D eigenvalue weighted by molar-refractivity contribution is 0.346. The van der Waals surface area contributed by atoms with Crippen molar-refractivity contribution in [3.05, 3.63) is 27.7 Å². The van der Waals surface area contributed by atoms with E-state index in [0.29, 0.717) is 6.04 Å². The summed E-state index contributed by atoms with van der Waals surface area (Å²) in [5, 5.41) is 3.88. The van der Waals surface area contributed by atoms with Gasteiger partial charge >= 0.3 is 0 Å². The minimum atomic E-state index is 0.273. The quantitative estimate of drug-likeness (QED) is 0.836. The first-order valence-corrected chi connectivity index (χ1v) is 8.28. The van der Waals surface area contributed by atoms with E-state index in [-0.39, 0.29) is 5.38 Å². The van der Waals surface area contributed by atoms with Crippen LogP contribution in [0, 0.1) is 0 Å². The Hall–Kier alpha value is -0.250. The van der Waals surface area contributed by atoms with Crippen molar-refractivity contribution in [2.45, 2.75) is 50.1 Å². The average Bonchev–Trinajstić information content (AvgIpc) is 2.85. The molecule has 1 aliphatic carbocycles. The number of alkyl halides is 1. The zero-order valence-corrected chi connectivity index (χ0v) is 13.3. The van der Waals surface area contributed by atoms with E-state index in [1.165, 1.54) is 30.4 Å². The molecular formula is C15H19BrClNO. The summed E-state index contributed by atoms with van der Waals surface area (Å²) in [5.74, 6) is 1.08. The first-order valence-electron chi connectivity index (χ1n) is 7.05. The Morgan fingerprint density at radius 2 is 2.16 bits per heavy atom. The largest absolute Gasteiger partial charge is 0.493 e. The van der Waals surface area contributed by atoms with Crippen LogP contribution >= 0.6 is 27.5 Å². The van der Waals surface area contributed by atoms with E-state index in [2.05, 4.69) is 33.4 Å². The highest BCUT2D eigenvalue weighted by molar-refractivity contribution is 9.10. The fourth-order valence-corrected chi connectivity index (χ4v) is 3.96. The Labute approximate surface area is 128 Å². The second-order valence-corrected chi connectivity index (χ2v) is 6.92. The number of rotatable bonds is 3. The van der Waals surface area contributed by atoms with Gasteiger partial charge in [0.2, 0.25) is 0 Å². The summed E-state index contributed by atoms with van der Waals surface area (Å²) in [7, 11) is 0. The van der Waals surface area contributed by atoms with Crippen LogP contribution in [-0.2, 0) is 13.0 Å². The highest BCUT2D eigenvalue weighted by Gasteiger charge is 2.24. The zero-order valence-electron chi connectivity index (χ0n) is 10.9. The molecule has 0 bridgehead atoms. The smallest absolute Gasteiger partial charge is 0.127 e. The number of fused-ring (bicyclic) bond motifs is 1. The molecule has 0 aromatic heterocycles. The Morgan fingerprint density at radius 3 is 3.00 bits per heavy atom. The second-order valence-electron chi connectivity index (χ2n) is 5.44. The van der Waals surface area contributed by atoms with Crippen molar-refractivity contribution in [3.63, 3.8) is 0 Å². The van der Waals surface area contributed by atoms with E-state index < -0.39 is 0 Å². The van der Waals surface area contributed by atoms with E-state index >= 15 is 0 Å². The fourth-order valence-electron chi connectivity index (χ4n) is 3.03. The Bertz CT molecular complexity index is 466. The van der Waals surface area contributed by atoms with Crippen LogP contribution in [0.15, 0.2) is 16.6 Å². The lowest BCUT2D eigenvalue weighted by atomic mass is 9.94. The van der Waals surface area contributed by atoms with Crippen molar-refractivity contribution in [1.82, 2.24) is 5.32 Å². The van der Waals surface area contributed by atoms with Crippen LogP contribution in [0.5, 0.6) is 5.75 Å². The van der Waals surface area contributed by atoms with Gasteiger partial charge in [-0.1, -0.05) is 28.8 Å². The van der Waals surface area contributed by atoms with Gasteiger partial charge in [0, 0.05) is 34.4 Å². The Balaban J connectivity index is 1.70. The number of benzene rings is 1. The molecule has 1 aromatic rings. The molecule has 1 saturated carbocycles. The van der Waals surface area contributed by atoms with E-state index in [4.69, 9.17) is 16.3 Å². The van der Waals surface area contributed by atoms with E-state index in [0.717, 1.165) is 36.2 Å². The van der Waals surface area contributed by atoms with Crippen LogP contribution in [0.4, 0.5) is 0 Å². The molecule has 4 heteroatoms. The molecule has 0 amide bonds. The van der Waals surface area contributed by atoms with Crippen molar-refractivity contribution in [2.24, 2.45) is 0 Å². The van der Waals surface area contributed by atoms with Gasteiger partial charge in [-0.05, 0) is 30.5 Å². The second kappa shape index (κ2) is 6.02. The van der Waals surface area contributed by atoms with E-state index in [1.807, 2.05) is 0 Å². The van der Waals surface area contributed by atoms with E-state index in [9.17, 15) is 0 Å². The number of nitrogens with one attached hydrogen (secondary N) is 1.